The second-order valence-electron chi connectivity index (χ2n) is 6.81. The van der Waals surface area contributed by atoms with E-state index in [4.69, 9.17) is 0 Å². The summed E-state index contributed by atoms with van der Waals surface area (Å²) < 4.78 is 40.6. The number of nitrogens with zero attached hydrogens (tertiary/aromatic N) is 2. The third kappa shape index (κ3) is 4.28. The summed E-state index contributed by atoms with van der Waals surface area (Å²) in [6, 6.07) is 1.34. The molecule has 5 nitrogen and oxygen atoms in total. The molecule has 2 fully saturated rings. The molecule has 142 valence electrons. The van der Waals surface area contributed by atoms with Gasteiger partial charge in [-0.3, -0.25) is 9.48 Å². The van der Waals surface area contributed by atoms with Crippen LogP contribution in [0.5, 0.6) is 0 Å². The SMILES string of the molecule is Cl.O=C(NC1CCCC(C(F)(F)F)C1)C1(n2cccn2)CCNCC1. The highest BCUT2D eigenvalue weighted by Gasteiger charge is 2.45. The Balaban J connectivity index is 0.00000225. The molecule has 2 heterocycles. The van der Waals surface area contributed by atoms with E-state index in [2.05, 4.69) is 15.7 Å². The average molecular weight is 381 g/mol. The average Bonchev–Trinajstić information content (AvgIpc) is 3.10. The molecule has 2 N–H and O–H groups in total. The fraction of sp³-hybridized carbons (Fsp3) is 0.750. The largest absolute Gasteiger partial charge is 0.391 e. The summed E-state index contributed by atoms with van der Waals surface area (Å²) in [5.74, 6) is -1.52. The standard InChI is InChI=1S/C16H23F3N4O.ClH/c17-16(18,19)12-3-1-4-13(11-12)22-14(24)15(5-8-20-9-6-15)23-10-2-7-21-23;/h2,7,10,12-13,20H,1,3-6,8-9,11H2,(H,22,24);1H. The van der Waals surface area contributed by atoms with E-state index in [0.29, 0.717) is 38.8 Å². The van der Waals surface area contributed by atoms with Crippen molar-refractivity contribution in [3.8, 4) is 0 Å². The van der Waals surface area contributed by atoms with Crippen molar-refractivity contribution in [2.24, 2.45) is 5.92 Å². The number of hydrogen-bond donors (Lipinski definition) is 2. The molecule has 0 radical (unpaired) electrons. The van der Waals surface area contributed by atoms with Crippen LogP contribution in [0.25, 0.3) is 0 Å². The van der Waals surface area contributed by atoms with Gasteiger partial charge in [0, 0.05) is 18.4 Å². The number of carbonyl (C=O) groups excluding carboxylic acids is 1. The quantitative estimate of drug-likeness (QED) is 0.847. The third-order valence-electron chi connectivity index (χ3n) is 5.27. The van der Waals surface area contributed by atoms with Crippen molar-refractivity contribution in [1.29, 1.82) is 0 Å². The highest BCUT2D eigenvalue weighted by molar-refractivity contribution is 5.85. The molecule has 1 saturated heterocycles. The van der Waals surface area contributed by atoms with Gasteiger partial charge >= 0.3 is 6.18 Å². The minimum atomic E-state index is -4.18. The number of rotatable bonds is 3. The Bertz CT molecular complexity index is 558. The topological polar surface area (TPSA) is 59.0 Å². The Morgan fingerprint density at radius 3 is 2.60 bits per heavy atom. The lowest BCUT2D eigenvalue weighted by atomic mass is 9.83. The molecule has 1 aromatic heterocycles. The maximum absolute atomic E-state index is 13.0. The first-order chi connectivity index (χ1) is 11.4. The molecule has 9 heteroatoms. The van der Waals surface area contributed by atoms with E-state index in [1.165, 1.54) is 0 Å². The van der Waals surface area contributed by atoms with Crippen molar-refractivity contribution < 1.29 is 18.0 Å². The van der Waals surface area contributed by atoms with Crippen LogP contribution < -0.4 is 10.6 Å². The lowest BCUT2D eigenvalue weighted by Gasteiger charge is -2.39. The van der Waals surface area contributed by atoms with Crippen molar-refractivity contribution in [3.63, 3.8) is 0 Å². The van der Waals surface area contributed by atoms with Crippen molar-refractivity contribution >= 4 is 18.3 Å². The molecular weight excluding hydrogens is 357 g/mol. The van der Waals surface area contributed by atoms with Crippen LogP contribution in [0, 0.1) is 5.92 Å². The van der Waals surface area contributed by atoms with Crippen molar-refractivity contribution in [1.82, 2.24) is 20.4 Å². The first-order valence-electron chi connectivity index (χ1n) is 8.50. The molecule has 1 saturated carbocycles. The van der Waals surface area contributed by atoms with Crippen LogP contribution in [-0.2, 0) is 10.3 Å². The van der Waals surface area contributed by atoms with Crippen LogP contribution in [0.1, 0.15) is 38.5 Å². The van der Waals surface area contributed by atoms with E-state index in [1.54, 1.807) is 23.1 Å². The molecule has 1 aromatic rings. The number of aromatic nitrogens is 2. The summed E-state index contributed by atoms with van der Waals surface area (Å²) in [5.41, 5.74) is -0.806. The van der Waals surface area contributed by atoms with Gasteiger partial charge in [0.15, 0.2) is 0 Å². The van der Waals surface area contributed by atoms with E-state index in [9.17, 15) is 18.0 Å². The van der Waals surface area contributed by atoms with E-state index < -0.39 is 23.7 Å². The number of hydrogen-bond acceptors (Lipinski definition) is 3. The summed E-state index contributed by atoms with van der Waals surface area (Å²) in [5, 5.41) is 10.3. The van der Waals surface area contributed by atoms with Gasteiger partial charge in [-0.1, -0.05) is 6.42 Å². The zero-order valence-corrected chi connectivity index (χ0v) is 14.7. The van der Waals surface area contributed by atoms with Crippen LogP contribution >= 0.6 is 12.4 Å². The summed E-state index contributed by atoms with van der Waals surface area (Å²) >= 11 is 0. The Morgan fingerprint density at radius 1 is 1.28 bits per heavy atom. The third-order valence-corrected chi connectivity index (χ3v) is 5.27. The van der Waals surface area contributed by atoms with Crippen LogP contribution in [0.2, 0.25) is 0 Å². The zero-order valence-electron chi connectivity index (χ0n) is 13.9. The van der Waals surface area contributed by atoms with Gasteiger partial charge in [0.25, 0.3) is 0 Å². The number of nitrogens with one attached hydrogen (secondary N) is 2. The Kier molecular flexibility index (Phi) is 6.37. The molecule has 0 spiro atoms. The highest BCUT2D eigenvalue weighted by Crippen LogP contribution is 2.38. The number of halogens is 4. The van der Waals surface area contributed by atoms with E-state index in [-0.39, 0.29) is 31.2 Å². The van der Waals surface area contributed by atoms with Gasteiger partial charge in [-0.05, 0) is 51.3 Å². The smallest absolute Gasteiger partial charge is 0.351 e. The first kappa shape index (κ1) is 20.0. The van der Waals surface area contributed by atoms with Gasteiger partial charge in [-0.15, -0.1) is 12.4 Å². The first-order valence-corrected chi connectivity index (χ1v) is 8.50. The van der Waals surface area contributed by atoms with Crippen LogP contribution in [0.4, 0.5) is 13.2 Å². The minimum absolute atomic E-state index is 0. The van der Waals surface area contributed by atoms with Gasteiger partial charge < -0.3 is 10.6 Å². The van der Waals surface area contributed by atoms with Crippen molar-refractivity contribution in [2.75, 3.05) is 13.1 Å². The molecule has 3 rings (SSSR count). The van der Waals surface area contributed by atoms with E-state index in [0.717, 1.165) is 0 Å². The minimum Gasteiger partial charge on any atom is -0.351 e. The monoisotopic (exact) mass is 380 g/mol. The fourth-order valence-corrected chi connectivity index (χ4v) is 3.86. The maximum Gasteiger partial charge on any atom is 0.391 e. The molecule has 1 aliphatic carbocycles. The van der Waals surface area contributed by atoms with Gasteiger partial charge in [-0.2, -0.15) is 18.3 Å². The molecule has 1 aliphatic heterocycles. The summed E-state index contributed by atoms with van der Waals surface area (Å²) in [4.78, 5) is 13.0. The molecule has 25 heavy (non-hydrogen) atoms. The number of carbonyl (C=O) groups is 1. The Hall–Kier alpha value is -1.28. The molecular formula is C16H24ClF3N4O. The second kappa shape index (κ2) is 7.95. The van der Waals surface area contributed by atoms with Gasteiger partial charge in [0.05, 0.1) is 5.92 Å². The predicted molar refractivity (Wildman–Crippen MR) is 89.5 cm³/mol. The molecule has 0 bridgehead atoms. The highest BCUT2D eigenvalue weighted by atomic mass is 35.5. The molecule has 2 aliphatic rings. The summed E-state index contributed by atoms with van der Waals surface area (Å²) in [7, 11) is 0. The van der Waals surface area contributed by atoms with Crippen LogP contribution in [0.3, 0.4) is 0 Å². The number of alkyl halides is 3. The number of piperidine rings is 1. The molecule has 2 atom stereocenters. The van der Waals surface area contributed by atoms with Crippen LogP contribution in [0.15, 0.2) is 18.5 Å². The van der Waals surface area contributed by atoms with Gasteiger partial charge in [0.1, 0.15) is 5.54 Å². The van der Waals surface area contributed by atoms with Gasteiger partial charge in [0.2, 0.25) is 5.91 Å². The number of amides is 1. The predicted octanol–water partition coefficient (Wildman–Crippen LogP) is 2.62. The van der Waals surface area contributed by atoms with E-state index in [1.807, 2.05) is 0 Å². The lowest BCUT2D eigenvalue weighted by molar-refractivity contribution is -0.184. The van der Waals surface area contributed by atoms with Crippen LogP contribution in [-0.4, -0.2) is 41.0 Å². The molecule has 2 unspecified atom stereocenters. The molecule has 1 amide bonds. The summed E-state index contributed by atoms with van der Waals surface area (Å²) in [6.07, 6.45) is 1.58. The van der Waals surface area contributed by atoms with Crippen molar-refractivity contribution in [2.45, 2.75) is 56.3 Å². The Morgan fingerprint density at radius 2 is 2.00 bits per heavy atom. The lowest BCUT2D eigenvalue weighted by Crippen LogP contribution is -2.57. The fourth-order valence-electron chi connectivity index (χ4n) is 3.86. The van der Waals surface area contributed by atoms with Crippen molar-refractivity contribution in [3.05, 3.63) is 18.5 Å². The second-order valence-corrected chi connectivity index (χ2v) is 6.81. The summed E-state index contributed by atoms with van der Waals surface area (Å²) in [6.45, 7) is 1.37. The Labute approximate surface area is 151 Å². The normalized spacial score (nSPS) is 26.5. The van der Waals surface area contributed by atoms with E-state index >= 15 is 0 Å². The van der Waals surface area contributed by atoms with Gasteiger partial charge in [-0.25, -0.2) is 0 Å². The zero-order chi connectivity index (χ0) is 17.2. The molecule has 0 aromatic carbocycles. The maximum atomic E-state index is 13.0.